The molecule has 0 radical (unpaired) electrons. The third-order valence-electron chi connectivity index (χ3n) is 5.68. The lowest BCUT2D eigenvalue weighted by Gasteiger charge is -2.37. The molecule has 190 valence electrons. The van der Waals surface area contributed by atoms with E-state index in [0.717, 1.165) is 20.9 Å². The molecule has 35 heavy (non-hydrogen) atoms. The number of aliphatic carboxylic acids is 1. The van der Waals surface area contributed by atoms with Gasteiger partial charge in [-0.05, 0) is 23.1 Å². The van der Waals surface area contributed by atoms with Gasteiger partial charge in [0.15, 0.2) is 0 Å². The normalized spacial score (nSPS) is 12.6. The highest BCUT2D eigenvalue weighted by atomic mass is 31.2. The Kier molecular flexibility index (Phi) is 9.34. The lowest BCUT2D eigenvalue weighted by Crippen LogP contribution is -2.57. The standard InChI is InChI=1S/C24H32N3O7P/c1-26(2)21(28)15-24(35(32,33)34,16-22(29)27(3)4)25-20(23(30)31)14-17-10-12-19(13-11-17)18-8-6-5-7-9-18/h5-13,20,25H,14-16H2,1-4H3,(H,30,31)(H2,32,33,34)/t20-/m0/s1. The smallest absolute Gasteiger partial charge is 0.346 e. The number of carboxylic acid groups (broad SMARTS) is 1. The Morgan fingerprint density at radius 2 is 1.31 bits per heavy atom. The van der Waals surface area contributed by atoms with Crippen molar-refractivity contribution in [2.45, 2.75) is 30.6 Å². The van der Waals surface area contributed by atoms with Crippen LogP contribution in [0, 0.1) is 0 Å². The summed E-state index contributed by atoms with van der Waals surface area (Å²) in [6, 6.07) is 15.2. The van der Waals surface area contributed by atoms with Gasteiger partial charge in [0.25, 0.3) is 0 Å². The van der Waals surface area contributed by atoms with Gasteiger partial charge in [-0.15, -0.1) is 0 Å². The number of nitrogens with one attached hydrogen (secondary N) is 1. The number of carbonyl (C=O) groups excluding carboxylic acids is 2. The fourth-order valence-electron chi connectivity index (χ4n) is 3.50. The van der Waals surface area contributed by atoms with E-state index < -0.39 is 49.5 Å². The lowest BCUT2D eigenvalue weighted by atomic mass is 9.99. The summed E-state index contributed by atoms with van der Waals surface area (Å²) in [6.07, 6.45) is -1.65. The number of nitrogens with zero attached hydrogens (tertiary/aromatic N) is 2. The zero-order valence-electron chi connectivity index (χ0n) is 20.2. The molecule has 0 saturated carbocycles. The van der Waals surface area contributed by atoms with Crippen LogP contribution in [0.15, 0.2) is 54.6 Å². The van der Waals surface area contributed by atoms with E-state index in [-0.39, 0.29) is 6.42 Å². The van der Waals surface area contributed by atoms with E-state index in [0.29, 0.717) is 5.56 Å². The summed E-state index contributed by atoms with van der Waals surface area (Å²) in [7, 11) is 0.415. The highest BCUT2D eigenvalue weighted by molar-refractivity contribution is 7.53. The molecule has 2 amide bonds. The van der Waals surface area contributed by atoms with Gasteiger partial charge in [0.05, 0.1) is 12.8 Å². The van der Waals surface area contributed by atoms with E-state index in [4.69, 9.17) is 0 Å². The van der Waals surface area contributed by atoms with E-state index in [2.05, 4.69) is 5.32 Å². The van der Waals surface area contributed by atoms with Gasteiger partial charge in [-0.25, -0.2) is 0 Å². The second-order valence-electron chi connectivity index (χ2n) is 8.81. The van der Waals surface area contributed by atoms with E-state index in [9.17, 15) is 33.8 Å². The van der Waals surface area contributed by atoms with Crippen molar-refractivity contribution >= 4 is 25.4 Å². The topological polar surface area (TPSA) is 147 Å². The Morgan fingerprint density at radius 1 is 0.857 bits per heavy atom. The minimum Gasteiger partial charge on any atom is -0.480 e. The summed E-state index contributed by atoms with van der Waals surface area (Å²) < 4.78 is 12.7. The van der Waals surface area contributed by atoms with E-state index in [1.165, 1.54) is 28.2 Å². The van der Waals surface area contributed by atoms with Crippen LogP contribution in [0.2, 0.25) is 0 Å². The monoisotopic (exact) mass is 505 g/mol. The molecule has 0 unspecified atom stereocenters. The molecule has 0 aliphatic heterocycles. The molecule has 2 aromatic carbocycles. The largest absolute Gasteiger partial charge is 0.480 e. The molecule has 0 spiro atoms. The van der Waals surface area contributed by atoms with Crippen molar-refractivity contribution in [1.29, 1.82) is 0 Å². The highest BCUT2D eigenvalue weighted by Crippen LogP contribution is 2.53. The van der Waals surface area contributed by atoms with Crippen LogP contribution in [0.25, 0.3) is 11.1 Å². The Morgan fingerprint density at radius 3 is 1.71 bits per heavy atom. The fraction of sp³-hybridized carbons (Fsp3) is 0.375. The van der Waals surface area contributed by atoms with E-state index in [1.807, 2.05) is 42.5 Å². The molecular weight excluding hydrogens is 473 g/mol. The zero-order valence-corrected chi connectivity index (χ0v) is 21.1. The maximum absolute atomic E-state index is 12.7. The van der Waals surface area contributed by atoms with Crippen molar-refractivity contribution < 1.29 is 33.8 Å². The Labute approximate surface area is 204 Å². The summed E-state index contributed by atoms with van der Waals surface area (Å²) in [5, 5.41) is 9.99. The molecule has 0 aromatic heterocycles. The van der Waals surface area contributed by atoms with Gasteiger partial charge < -0.3 is 24.7 Å². The number of benzene rings is 2. The number of amides is 2. The Balaban J connectivity index is 2.41. The van der Waals surface area contributed by atoms with Gasteiger partial charge >= 0.3 is 13.6 Å². The Hall–Kier alpha value is -3.04. The van der Waals surface area contributed by atoms with Crippen molar-refractivity contribution in [3.63, 3.8) is 0 Å². The number of hydrogen-bond donors (Lipinski definition) is 4. The van der Waals surface area contributed by atoms with Crippen LogP contribution in [0.3, 0.4) is 0 Å². The van der Waals surface area contributed by atoms with E-state index >= 15 is 0 Å². The van der Waals surface area contributed by atoms with Gasteiger partial charge in [-0.3, -0.25) is 24.3 Å². The molecule has 11 heteroatoms. The van der Waals surface area contributed by atoms with Gasteiger partial charge in [-0.2, -0.15) is 0 Å². The van der Waals surface area contributed by atoms with Crippen molar-refractivity contribution in [3.05, 3.63) is 60.2 Å². The van der Waals surface area contributed by atoms with Crippen LogP contribution in [-0.2, 0) is 25.4 Å². The first-order valence-corrected chi connectivity index (χ1v) is 12.5. The summed E-state index contributed by atoms with van der Waals surface area (Å²) in [5.41, 5.74) is 2.51. The third-order valence-corrected chi connectivity index (χ3v) is 7.24. The van der Waals surface area contributed by atoms with Crippen LogP contribution < -0.4 is 5.32 Å². The van der Waals surface area contributed by atoms with Crippen molar-refractivity contribution in [2.75, 3.05) is 28.2 Å². The lowest BCUT2D eigenvalue weighted by molar-refractivity contribution is -0.141. The predicted molar refractivity (Wildman–Crippen MR) is 132 cm³/mol. The molecule has 2 aromatic rings. The fourth-order valence-corrected chi connectivity index (χ4v) is 4.50. The summed E-state index contributed by atoms with van der Waals surface area (Å²) in [4.78, 5) is 59.9. The average Bonchev–Trinajstić information content (AvgIpc) is 2.78. The molecule has 0 aliphatic carbocycles. The van der Waals surface area contributed by atoms with Crippen LogP contribution in [-0.4, -0.2) is 82.0 Å². The predicted octanol–water partition coefficient (Wildman–Crippen LogP) is 1.77. The number of rotatable bonds is 11. The molecule has 0 fully saturated rings. The molecule has 4 N–H and O–H groups in total. The second kappa shape index (κ2) is 11.6. The first-order valence-electron chi connectivity index (χ1n) is 10.9. The first-order chi connectivity index (χ1) is 16.3. The molecule has 0 aliphatic rings. The molecule has 0 heterocycles. The quantitative estimate of drug-likeness (QED) is 0.338. The van der Waals surface area contributed by atoms with Gasteiger partial charge in [-0.1, -0.05) is 54.6 Å². The number of hydrogen-bond acceptors (Lipinski definition) is 5. The summed E-state index contributed by atoms with van der Waals surface area (Å²) in [5.74, 6) is -2.70. The molecular formula is C24H32N3O7P. The SMILES string of the molecule is CN(C)C(=O)CC(CC(=O)N(C)C)(N[C@@H](Cc1ccc(-c2ccccc2)cc1)C(=O)O)P(=O)(O)O. The summed E-state index contributed by atoms with van der Waals surface area (Å²) >= 11 is 0. The molecule has 1 atom stereocenters. The molecule has 2 rings (SSSR count). The van der Waals surface area contributed by atoms with Crippen LogP contribution >= 0.6 is 7.60 Å². The van der Waals surface area contributed by atoms with Crippen molar-refractivity contribution in [2.24, 2.45) is 0 Å². The maximum Gasteiger partial charge on any atom is 0.346 e. The highest BCUT2D eigenvalue weighted by Gasteiger charge is 2.52. The second-order valence-corrected chi connectivity index (χ2v) is 10.8. The maximum atomic E-state index is 12.7. The van der Waals surface area contributed by atoms with Crippen molar-refractivity contribution in [3.8, 4) is 11.1 Å². The minimum atomic E-state index is -5.21. The first kappa shape index (κ1) is 28.2. The van der Waals surface area contributed by atoms with Crippen LogP contribution in [0.4, 0.5) is 0 Å². The number of carboxylic acids is 1. The minimum absolute atomic E-state index is 0.127. The van der Waals surface area contributed by atoms with Gasteiger partial charge in [0.1, 0.15) is 11.3 Å². The van der Waals surface area contributed by atoms with Crippen LogP contribution in [0.5, 0.6) is 0 Å². The van der Waals surface area contributed by atoms with E-state index in [1.54, 1.807) is 12.1 Å². The molecule has 0 bridgehead atoms. The zero-order chi connectivity index (χ0) is 26.4. The average molecular weight is 506 g/mol. The van der Waals surface area contributed by atoms with Crippen molar-refractivity contribution in [1.82, 2.24) is 15.1 Å². The third kappa shape index (κ3) is 7.47. The molecule has 0 saturated heterocycles. The van der Waals surface area contributed by atoms with Gasteiger partial charge in [0.2, 0.25) is 11.8 Å². The number of carbonyl (C=O) groups is 3. The van der Waals surface area contributed by atoms with Crippen LogP contribution in [0.1, 0.15) is 18.4 Å². The Bertz CT molecular complexity index is 1060. The van der Waals surface area contributed by atoms with Gasteiger partial charge in [0, 0.05) is 28.2 Å². The molecule has 10 nitrogen and oxygen atoms in total. The summed E-state index contributed by atoms with van der Waals surface area (Å²) in [6.45, 7) is 0.